The van der Waals surface area contributed by atoms with Crippen molar-refractivity contribution in [1.29, 1.82) is 0 Å². The fraction of sp³-hybridized carbons (Fsp3) is 0.182. The molecule has 1 heterocycles. The maximum atomic E-state index is 12.3. The van der Waals surface area contributed by atoms with Crippen LogP contribution in [0.1, 0.15) is 5.56 Å². The van der Waals surface area contributed by atoms with Gasteiger partial charge in [0.05, 0.1) is 5.56 Å². The van der Waals surface area contributed by atoms with Gasteiger partial charge in [-0.15, -0.1) is 18.3 Å². The number of nitrogens with two attached hydrogens (primary N) is 1. The molecule has 0 radical (unpaired) electrons. The number of nitrogen functional groups attached to an aromatic ring is 1. The van der Waals surface area contributed by atoms with Crippen LogP contribution >= 0.6 is 12.8 Å². The summed E-state index contributed by atoms with van der Waals surface area (Å²) in [7, 11) is 0. The zero-order chi connectivity index (χ0) is 14.8. The highest BCUT2D eigenvalue weighted by molar-refractivity contribution is 7.78. The number of aromatic nitrogens is 2. The molecular formula is C11H10F3N3O2S. The molecule has 0 bridgehead atoms. The Bertz CT molecular complexity index is 601. The van der Waals surface area contributed by atoms with E-state index in [1.807, 2.05) is 0 Å². The van der Waals surface area contributed by atoms with Gasteiger partial charge in [0.15, 0.2) is 0 Å². The van der Waals surface area contributed by atoms with Gasteiger partial charge in [-0.25, -0.2) is 4.09 Å². The summed E-state index contributed by atoms with van der Waals surface area (Å²) in [5.41, 5.74) is 5.87. The predicted octanol–water partition coefficient (Wildman–Crippen LogP) is 2.64. The average molecular weight is 305 g/mol. The summed E-state index contributed by atoms with van der Waals surface area (Å²) in [6, 6.07) is 5.50. The van der Waals surface area contributed by atoms with Crippen molar-refractivity contribution in [1.82, 2.24) is 9.19 Å². The van der Waals surface area contributed by atoms with Crippen LogP contribution in [-0.2, 0) is 6.61 Å². The largest absolute Gasteiger partial charge is 0.573 e. The van der Waals surface area contributed by atoms with Crippen molar-refractivity contribution in [2.24, 2.45) is 0 Å². The molecule has 2 N–H and O–H groups in total. The van der Waals surface area contributed by atoms with E-state index in [0.717, 1.165) is 0 Å². The molecule has 0 aliphatic heterocycles. The van der Waals surface area contributed by atoms with Gasteiger partial charge in [-0.05, 0) is 24.9 Å². The highest BCUT2D eigenvalue weighted by atomic mass is 32.1. The third-order valence-corrected chi connectivity index (χ3v) is 2.53. The smallest absolute Gasteiger partial charge is 0.471 e. The van der Waals surface area contributed by atoms with E-state index in [0.29, 0.717) is 0 Å². The number of thiol groups is 1. The summed E-state index contributed by atoms with van der Waals surface area (Å²) in [5, 5.41) is 3.81. The second-order valence-corrected chi connectivity index (χ2v) is 4.14. The Labute approximate surface area is 117 Å². The van der Waals surface area contributed by atoms with Gasteiger partial charge in [0.25, 0.3) is 0 Å². The van der Waals surface area contributed by atoms with Crippen LogP contribution in [0.25, 0.3) is 0 Å². The minimum absolute atomic E-state index is 0.0959. The van der Waals surface area contributed by atoms with Gasteiger partial charge in [-0.1, -0.05) is 6.07 Å². The van der Waals surface area contributed by atoms with E-state index < -0.39 is 12.1 Å². The Morgan fingerprint density at radius 3 is 2.65 bits per heavy atom. The molecule has 5 nitrogen and oxygen atoms in total. The van der Waals surface area contributed by atoms with Gasteiger partial charge < -0.3 is 15.2 Å². The topological polar surface area (TPSA) is 62.3 Å². The molecule has 0 fully saturated rings. The maximum absolute atomic E-state index is 12.3. The van der Waals surface area contributed by atoms with Crippen LogP contribution in [0.4, 0.5) is 18.9 Å². The van der Waals surface area contributed by atoms with Crippen LogP contribution in [0.5, 0.6) is 11.6 Å². The van der Waals surface area contributed by atoms with Gasteiger partial charge >= 0.3 is 6.36 Å². The summed E-state index contributed by atoms with van der Waals surface area (Å²) in [6.45, 7) is -0.205. The molecule has 1 aromatic carbocycles. The lowest BCUT2D eigenvalue weighted by Gasteiger charge is -2.14. The fourth-order valence-electron chi connectivity index (χ4n) is 1.48. The Morgan fingerprint density at radius 2 is 2.05 bits per heavy atom. The van der Waals surface area contributed by atoms with Gasteiger partial charge in [-0.3, -0.25) is 0 Å². The van der Waals surface area contributed by atoms with E-state index in [1.54, 1.807) is 0 Å². The van der Waals surface area contributed by atoms with Gasteiger partial charge in [-0.2, -0.15) is 0 Å². The molecule has 0 saturated carbocycles. The Morgan fingerprint density at radius 1 is 1.30 bits per heavy atom. The molecule has 20 heavy (non-hydrogen) atoms. The van der Waals surface area contributed by atoms with Crippen LogP contribution in [0.2, 0.25) is 0 Å². The van der Waals surface area contributed by atoms with E-state index in [9.17, 15) is 13.2 Å². The van der Waals surface area contributed by atoms with E-state index >= 15 is 0 Å². The Hall–Kier alpha value is -2.03. The molecule has 0 aliphatic rings. The monoisotopic (exact) mass is 305 g/mol. The SMILES string of the molecule is Nc1cccc(OC(F)(F)F)c1COc1ccn(S)n1. The van der Waals surface area contributed by atoms with E-state index in [-0.39, 0.29) is 23.7 Å². The number of alkyl halides is 3. The second-order valence-electron chi connectivity index (χ2n) is 3.73. The summed E-state index contributed by atoms with van der Waals surface area (Å²) < 4.78 is 47.2. The summed E-state index contributed by atoms with van der Waals surface area (Å²) in [4.78, 5) is 0. The molecule has 108 valence electrons. The van der Waals surface area contributed by atoms with Crippen molar-refractivity contribution in [3.05, 3.63) is 36.0 Å². The van der Waals surface area contributed by atoms with E-state index in [2.05, 4.69) is 22.7 Å². The number of nitrogens with zero attached hydrogens (tertiary/aromatic N) is 2. The van der Waals surface area contributed by atoms with Gasteiger partial charge in [0.1, 0.15) is 12.4 Å². The standard InChI is InChI=1S/C11H10F3N3O2S/c12-11(13,14)19-9-3-1-2-8(15)7(9)6-18-10-4-5-17(20)16-10/h1-5,20H,6,15H2. The molecule has 1 aromatic heterocycles. The van der Waals surface area contributed by atoms with E-state index in [4.69, 9.17) is 10.5 Å². The average Bonchev–Trinajstić information content (AvgIpc) is 2.72. The molecule has 0 unspecified atom stereocenters. The molecule has 0 spiro atoms. The van der Waals surface area contributed by atoms with Crippen LogP contribution in [0.3, 0.4) is 0 Å². The molecule has 0 saturated heterocycles. The maximum Gasteiger partial charge on any atom is 0.573 e. The van der Waals surface area contributed by atoms with E-state index in [1.165, 1.54) is 34.5 Å². The third-order valence-electron chi connectivity index (χ3n) is 2.31. The highest BCUT2D eigenvalue weighted by Gasteiger charge is 2.32. The second kappa shape index (κ2) is 5.53. The number of anilines is 1. The first-order valence-electron chi connectivity index (χ1n) is 5.36. The third kappa shape index (κ3) is 3.73. The molecule has 9 heteroatoms. The van der Waals surface area contributed by atoms with Gasteiger partial charge in [0.2, 0.25) is 5.88 Å². The summed E-state index contributed by atoms with van der Waals surface area (Å²) in [6.07, 6.45) is -3.28. The lowest BCUT2D eigenvalue weighted by Crippen LogP contribution is -2.19. The quantitative estimate of drug-likeness (QED) is 0.673. The normalized spacial score (nSPS) is 11.4. The Balaban J connectivity index is 2.17. The first kappa shape index (κ1) is 14.4. The van der Waals surface area contributed by atoms with Crippen molar-refractivity contribution in [3.63, 3.8) is 0 Å². The molecule has 2 rings (SSSR count). The summed E-state index contributed by atoms with van der Waals surface area (Å²) >= 11 is 3.91. The van der Waals surface area contributed by atoms with Crippen molar-refractivity contribution >= 4 is 18.5 Å². The summed E-state index contributed by atoms with van der Waals surface area (Å²) in [5.74, 6) is -0.191. The lowest BCUT2D eigenvalue weighted by molar-refractivity contribution is -0.275. The van der Waals surface area contributed by atoms with Crippen molar-refractivity contribution in [2.75, 3.05) is 5.73 Å². The molecular weight excluding hydrogens is 295 g/mol. The minimum Gasteiger partial charge on any atom is -0.471 e. The molecule has 2 aromatic rings. The number of benzene rings is 1. The van der Waals surface area contributed by atoms with Crippen LogP contribution < -0.4 is 15.2 Å². The van der Waals surface area contributed by atoms with Crippen molar-refractivity contribution < 1.29 is 22.6 Å². The van der Waals surface area contributed by atoms with Crippen molar-refractivity contribution in [3.8, 4) is 11.6 Å². The first-order valence-corrected chi connectivity index (χ1v) is 5.76. The number of ether oxygens (including phenoxy) is 2. The molecule has 0 aliphatic carbocycles. The number of hydrogen-bond acceptors (Lipinski definition) is 5. The zero-order valence-corrected chi connectivity index (χ0v) is 10.9. The van der Waals surface area contributed by atoms with Crippen LogP contribution in [-0.4, -0.2) is 15.5 Å². The zero-order valence-electron chi connectivity index (χ0n) is 9.96. The van der Waals surface area contributed by atoms with Crippen LogP contribution in [0, 0.1) is 0 Å². The van der Waals surface area contributed by atoms with Crippen molar-refractivity contribution in [2.45, 2.75) is 13.0 Å². The lowest BCUT2D eigenvalue weighted by atomic mass is 10.1. The predicted molar refractivity (Wildman–Crippen MR) is 68.5 cm³/mol. The highest BCUT2D eigenvalue weighted by Crippen LogP contribution is 2.30. The molecule has 0 amide bonds. The number of rotatable bonds is 4. The fourth-order valence-corrected chi connectivity index (χ4v) is 1.63. The van der Waals surface area contributed by atoms with Gasteiger partial charge in [0, 0.05) is 18.0 Å². The minimum atomic E-state index is -4.80. The number of hydrogen-bond donors (Lipinski definition) is 2. The molecule has 0 atom stereocenters. The number of halogens is 3. The first-order chi connectivity index (χ1) is 9.35. The van der Waals surface area contributed by atoms with Crippen LogP contribution in [0.15, 0.2) is 30.5 Å². The Kier molecular flexibility index (Phi) is 3.98.